The van der Waals surface area contributed by atoms with Crippen molar-refractivity contribution < 1.29 is 4.79 Å². The Morgan fingerprint density at radius 2 is 1.96 bits per heavy atom. The molecular weight excluding hydrogens is 392 g/mol. The van der Waals surface area contributed by atoms with Crippen LogP contribution in [-0.2, 0) is 13.6 Å². The van der Waals surface area contributed by atoms with E-state index in [0.717, 1.165) is 58.3 Å². The SMILES string of the molecule is Cc1nn(C)c(C)c1CNC(=O)c1nc(N2CCSCC2)c2c(C)scc2n1. The molecule has 1 saturated heterocycles. The van der Waals surface area contributed by atoms with Crippen LogP contribution in [0.3, 0.4) is 0 Å². The summed E-state index contributed by atoms with van der Waals surface area (Å²) >= 11 is 3.61. The van der Waals surface area contributed by atoms with Gasteiger partial charge in [0, 0.05) is 59.7 Å². The first-order valence-corrected chi connectivity index (χ1v) is 11.3. The van der Waals surface area contributed by atoms with Gasteiger partial charge in [0.25, 0.3) is 5.91 Å². The van der Waals surface area contributed by atoms with Gasteiger partial charge in [-0.25, -0.2) is 9.97 Å². The summed E-state index contributed by atoms with van der Waals surface area (Å²) in [6, 6.07) is 0. The lowest BCUT2D eigenvalue weighted by molar-refractivity contribution is 0.0941. The van der Waals surface area contributed by atoms with Crippen molar-refractivity contribution >= 4 is 45.7 Å². The van der Waals surface area contributed by atoms with E-state index in [4.69, 9.17) is 4.98 Å². The van der Waals surface area contributed by atoms with Crippen molar-refractivity contribution in [1.82, 2.24) is 25.1 Å². The molecule has 3 aromatic rings. The Morgan fingerprint density at radius 1 is 1.21 bits per heavy atom. The number of nitrogens with zero attached hydrogens (tertiary/aromatic N) is 5. The van der Waals surface area contributed by atoms with Gasteiger partial charge in [-0.15, -0.1) is 11.3 Å². The quantitative estimate of drug-likeness (QED) is 0.705. The van der Waals surface area contributed by atoms with E-state index in [9.17, 15) is 4.79 Å². The average Bonchev–Trinajstić information content (AvgIpc) is 3.19. The number of hydrogen-bond donors (Lipinski definition) is 1. The second kappa shape index (κ2) is 7.71. The Morgan fingerprint density at radius 3 is 2.64 bits per heavy atom. The number of carbonyl (C=O) groups is 1. The second-order valence-corrected chi connectivity index (χ2v) is 9.29. The number of thiophene rings is 1. The van der Waals surface area contributed by atoms with Crippen molar-refractivity contribution in [3.05, 3.63) is 33.0 Å². The van der Waals surface area contributed by atoms with Crippen molar-refractivity contribution in [2.24, 2.45) is 7.05 Å². The lowest BCUT2D eigenvalue weighted by atomic mass is 10.2. The summed E-state index contributed by atoms with van der Waals surface area (Å²) in [6.07, 6.45) is 0. The van der Waals surface area contributed by atoms with Crippen molar-refractivity contribution in [3.8, 4) is 0 Å². The molecule has 1 amide bonds. The zero-order valence-electron chi connectivity index (χ0n) is 16.6. The zero-order chi connectivity index (χ0) is 19.8. The maximum atomic E-state index is 12.9. The molecule has 0 spiro atoms. The highest BCUT2D eigenvalue weighted by Crippen LogP contribution is 2.32. The molecule has 0 aliphatic carbocycles. The van der Waals surface area contributed by atoms with Crippen molar-refractivity contribution in [1.29, 1.82) is 0 Å². The molecule has 9 heteroatoms. The van der Waals surface area contributed by atoms with Gasteiger partial charge in [-0.2, -0.15) is 16.9 Å². The van der Waals surface area contributed by atoms with Crippen molar-refractivity contribution in [2.45, 2.75) is 27.3 Å². The normalized spacial score (nSPS) is 14.6. The fourth-order valence-corrected chi connectivity index (χ4v) is 5.19. The molecule has 1 aliphatic rings. The minimum Gasteiger partial charge on any atom is -0.354 e. The summed E-state index contributed by atoms with van der Waals surface area (Å²) < 4.78 is 1.83. The summed E-state index contributed by atoms with van der Waals surface area (Å²) in [5.41, 5.74) is 3.87. The zero-order valence-corrected chi connectivity index (χ0v) is 18.2. The minimum absolute atomic E-state index is 0.234. The lowest BCUT2D eigenvalue weighted by Gasteiger charge is -2.28. The molecule has 0 radical (unpaired) electrons. The molecule has 0 unspecified atom stereocenters. The third-order valence-electron chi connectivity index (χ3n) is 5.22. The maximum absolute atomic E-state index is 12.9. The number of anilines is 1. The molecule has 4 heterocycles. The highest BCUT2D eigenvalue weighted by atomic mass is 32.2. The fourth-order valence-electron chi connectivity index (χ4n) is 3.52. The first kappa shape index (κ1) is 19.2. The molecule has 7 nitrogen and oxygen atoms in total. The smallest absolute Gasteiger partial charge is 0.289 e. The summed E-state index contributed by atoms with van der Waals surface area (Å²) in [6.45, 7) is 8.36. The van der Waals surface area contributed by atoms with Gasteiger partial charge in [0.05, 0.1) is 16.6 Å². The number of amides is 1. The van der Waals surface area contributed by atoms with Gasteiger partial charge >= 0.3 is 0 Å². The Labute approximate surface area is 172 Å². The largest absolute Gasteiger partial charge is 0.354 e. The molecule has 0 bridgehead atoms. The Kier molecular flexibility index (Phi) is 5.29. The molecule has 0 saturated carbocycles. The number of aryl methyl sites for hydroxylation is 3. The highest BCUT2D eigenvalue weighted by molar-refractivity contribution is 7.99. The molecule has 28 heavy (non-hydrogen) atoms. The number of thioether (sulfide) groups is 1. The van der Waals surface area contributed by atoms with E-state index in [1.807, 2.05) is 42.7 Å². The summed E-state index contributed by atoms with van der Waals surface area (Å²) in [7, 11) is 1.91. The minimum atomic E-state index is -0.249. The molecule has 1 aliphatic heterocycles. The Bertz CT molecular complexity index is 1030. The third-order valence-corrected chi connectivity index (χ3v) is 7.06. The summed E-state index contributed by atoms with van der Waals surface area (Å²) in [4.78, 5) is 25.6. The molecule has 3 aromatic heterocycles. The molecule has 4 rings (SSSR count). The average molecular weight is 417 g/mol. The standard InChI is InChI=1S/C19H24N6OS2/c1-11-14(12(2)24(4)23-11)9-20-19(26)17-21-15-10-28-13(3)16(15)18(22-17)25-5-7-27-8-6-25/h10H,5-9H2,1-4H3,(H,20,26). The number of hydrogen-bond acceptors (Lipinski definition) is 7. The van der Waals surface area contributed by atoms with Gasteiger partial charge in [-0.05, 0) is 20.8 Å². The molecule has 148 valence electrons. The third kappa shape index (κ3) is 3.48. The highest BCUT2D eigenvalue weighted by Gasteiger charge is 2.22. The van der Waals surface area contributed by atoms with E-state index in [-0.39, 0.29) is 11.7 Å². The van der Waals surface area contributed by atoms with E-state index in [1.54, 1.807) is 11.3 Å². The van der Waals surface area contributed by atoms with E-state index < -0.39 is 0 Å². The van der Waals surface area contributed by atoms with Crippen LogP contribution in [0, 0.1) is 20.8 Å². The Balaban J connectivity index is 1.63. The van der Waals surface area contributed by atoms with E-state index in [2.05, 4.69) is 27.2 Å². The van der Waals surface area contributed by atoms with Crippen molar-refractivity contribution in [3.63, 3.8) is 0 Å². The number of rotatable bonds is 4. The molecule has 0 atom stereocenters. The van der Waals surface area contributed by atoms with Crippen LogP contribution in [0.1, 0.15) is 32.4 Å². The van der Waals surface area contributed by atoms with Gasteiger partial charge in [0.2, 0.25) is 5.82 Å². The first-order valence-electron chi connectivity index (χ1n) is 9.31. The number of nitrogens with one attached hydrogen (secondary N) is 1. The number of aromatic nitrogens is 4. The molecule has 0 aromatic carbocycles. The Hall–Kier alpha value is -2.13. The fraction of sp³-hybridized carbons (Fsp3) is 0.474. The lowest BCUT2D eigenvalue weighted by Crippen LogP contribution is -2.34. The van der Waals surface area contributed by atoms with E-state index >= 15 is 0 Å². The number of carbonyl (C=O) groups excluding carboxylic acids is 1. The molecular formula is C19H24N6OS2. The topological polar surface area (TPSA) is 75.9 Å². The van der Waals surface area contributed by atoms with Gasteiger partial charge in [-0.3, -0.25) is 9.48 Å². The van der Waals surface area contributed by atoms with Crippen molar-refractivity contribution in [2.75, 3.05) is 29.5 Å². The van der Waals surface area contributed by atoms with Crippen LogP contribution in [0.4, 0.5) is 5.82 Å². The van der Waals surface area contributed by atoms with Crippen LogP contribution in [-0.4, -0.2) is 50.3 Å². The summed E-state index contributed by atoms with van der Waals surface area (Å²) in [5, 5.41) is 10.5. The van der Waals surface area contributed by atoms with E-state index in [1.165, 1.54) is 4.88 Å². The van der Waals surface area contributed by atoms with Crippen LogP contribution in [0.5, 0.6) is 0 Å². The summed E-state index contributed by atoms with van der Waals surface area (Å²) in [5.74, 6) is 3.03. The van der Waals surface area contributed by atoms with Gasteiger partial charge in [0.15, 0.2) is 0 Å². The molecule has 1 fully saturated rings. The monoisotopic (exact) mass is 416 g/mol. The van der Waals surface area contributed by atoms with Crippen LogP contribution in [0.25, 0.3) is 10.9 Å². The van der Waals surface area contributed by atoms with Gasteiger partial charge < -0.3 is 10.2 Å². The maximum Gasteiger partial charge on any atom is 0.289 e. The predicted octanol–water partition coefficient (Wildman–Crippen LogP) is 2.83. The molecule has 1 N–H and O–H groups in total. The van der Waals surface area contributed by atoms with Crippen LogP contribution >= 0.6 is 23.1 Å². The van der Waals surface area contributed by atoms with Crippen LogP contribution in [0.2, 0.25) is 0 Å². The van der Waals surface area contributed by atoms with Crippen LogP contribution < -0.4 is 10.2 Å². The van der Waals surface area contributed by atoms with Crippen LogP contribution in [0.15, 0.2) is 5.38 Å². The second-order valence-electron chi connectivity index (χ2n) is 6.98. The van der Waals surface area contributed by atoms with E-state index in [0.29, 0.717) is 6.54 Å². The number of fused-ring (bicyclic) bond motifs is 1. The van der Waals surface area contributed by atoms with Gasteiger partial charge in [-0.1, -0.05) is 0 Å². The van der Waals surface area contributed by atoms with Gasteiger partial charge in [0.1, 0.15) is 5.82 Å². The first-order chi connectivity index (χ1) is 13.5. The predicted molar refractivity (Wildman–Crippen MR) is 116 cm³/mol.